The molecule has 1 rings (SSSR count). The first-order chi connectivity index (χ1) is 10.3. The highest BCUT2D eigenvalue weighted by Gasteiger charge is 2.10. The average Bonchev–Trinajstić information content (AvgIpc) is 2.49. The van der Waals surface area contributed by atoms with E-state index < -0.39 is 0 Å². The van der Waals surface area contributed by atoms with Crippen molar-refractivity contribution in [2.45, 2.75) is 64.7 Å². The van der Waals surface area contributed by atoms with E-state index in [9.17, 15) is 4.79 Å². The lowest BCUT2D eigenvalue weighted by molar-refractivity contribution is 0.0498. The largest absolute Gasteiger partial charge is 0.462 e. The SMILES string of the molecule is CCCCCCCCCCCOC(=O)c1ccccc1Cl. The molecule has 0 fully saturated rings. The second kappa shape index (κ2) is 11.6. The molecule has 1 aromatic carbocycles. The Morgan fingerprint density at radius 2 is 1.52 bits per heavy atom. The number of unbranched alkanes of at least 4 members (excludes halogenated alkanes) is 8. The molecule has 0 saturated heterocycles. The van der Waals surface area contributed by atoms with Gasteiger partial charge in [-0.2, -0.15) is 0 Å². The molecule has 0 aliphatic carbocycles. The Kier molecular flexibility index (Phi) is 9.98. The zero-order valence-electron chi connectivity index (χ0n) is 13.1. The topological polar surface area (TPSA) is 26.3 Å². The Balaban J connectivity index is 1.99. The maximum atomic E-state index is 11.8. The molecule has 21 heavy (non-hydrogen) atoms. The zero-order chi connectivity index (χ0) is 15.3. The number of halogens is 1. The lowest BCUT2D eigenvalue weighted by Crippen LogP contribution is -2.07. The van der Waals surface area contributed by atoms with Crippen molar-refractivity contribution in [3.05, 3.63) is 34.9 Å². The highest BCUT2D eigenvalue weighted by atomic mass is 35.5. The van der Waals surface area contributed by atoms with Crippen molar-refractivity contribution >= 4 is 17.6 Å². The zero-order valence-corrected chi connectivity index (χ0v) is 13.8. The van der Waals surface area contributed by atoms with Gasteiger partial charge in [0.1, 0.15) is 0 Å². The Labute approximate surface area is 133 Å². The smallest absolute Gasteiger partial charge is 0.339 e. The molecule has 0 aromatic heterocycles. The number of carbonyl (C=O) groups excluding carboxylic acids is 1. The van der Waals surface area contributed by atoms with Gasteiger partial charge in [0.05, 0.1) is 17.2 Å². The molecule has 0 heterocycles. The highest BCUT2D eigenvalue weighted by Crippen LogP contribution is 2.16. The quantitative estimate of drug-likeness (QED) is 0.368. The summed E-state index contributed by atoms with van der Waals surface area (Å²) >= 11 is 5.95. The number of hydrogen-bond donors (Lipinski definition) is 0. The molecular formula is C18H27ClO2. The monoisotopic (exact) mass is 310 g/mol. The number of esters is 1. The normalized spacial score (nSPS) is 10.6. The van der Waals surface area contributed by atoms with Crippen LogP contribution in [0.2, 0.25) is 5.02 Å². The van der Waals surface area contributed by atoms with Gasteiger partial charge in [0.25, 0.3) is 0 Å². The second-order valence-electron chi connectivity index (χ2n) is 5.44. The summed E-state index contributed by atoms with van der Waals surface area (Å²) in [5.41, 5.74) is 0.454. The summed E-state index contributed by atoms with van der Waals surface area (Å²) in [4.78, 5) is 11.8. The Hall–Kier alpha value is -1.02. The molecule has 118 valence electrons. The van der Waals surface area contributed by atoms with E-state index in [4.69, 9.17) is 16.3 Å². The van der Waals surface area contributed by atoms with Crippen LogP contribution >= 0.6 is 11.6 Å². The molecule has 0 aliphatic rings. The first kappa shape index (κ1) is 18.0. The van der Waals surface area contributed by atoms with Crippen molar-refractivity contribution < 1.29 is 9.53 Å². The standard InChI is InChI=1S/C18H27ClO2/c1-2-3-4-5-6-7-8-9-12-15-21-18(20)16-13-10-11-14-17(16)19/h10-11,13-14H,2-9,12,15H2,1H3. The molecular weight excluding hydrogens is 284 g/mol. The third-order valence-corrected chi connectivity index (χ3v) is 3.90. The van der Waals surface area contributed by atoms with E-state index in [-0.39, 0.29) is 5.97 Å². The number of rotatable bonds is 11. The fraction of sp³-hybridized carbons (Fsp3) is 0.611. The first-order valence-corrected chi connectivity index (χ1v) is 8.55. The van der Waals surface area contributed by atoms with Gasteiger partial charge >= 0.3 is 5.97 Å². The maximum absolute atomic E-state index is 11.8. The number of ether oxygens (including phenoxy) is 1. The second-order valence-corrected chi connectivity index (χ2v) is 5.85. The van der Waals surface area contributed by atoms with Gasteiger partial charge in [-0.25, -0.2) is 4.79 Å². The minimum atomic E-state index is -0.319. The molecule has 0 aliphatic heterocycles. The van der Waals surface area contributed by atoms with Crippen molar-refractivity contribution in [2.75, 3.05) is 6.61 Å². The summed E-state index contributed by atoms with van der Waals surface area (Å²) < 4.78 is 5.25. The summed E-state index contributed by atoms with van der Waals surface area (Å²) in [6.07, 6.45) is 11.3. The highest BCUT2D eigenvalue weighted by molar-refractivity contribution is 6.33. The lowest BCUT2D eigenvalue weighted by Gasteiger charge is -2.06. The lowest BCUT2D eigenvalue weighted by atomic mass is 10.1. The summed E-state index contributed by atoms with van der Waals surface area (Å²) in [6, 6.07) is 7.00. The average molecular weight is 311 g/mol. The molecule has 3 heteroatoms. The van der Waals surface area contributed by atoms with Gasteiger partial charge in [0.2, 0.25) is 0 Å². The number of hydrogen-bond acceptors (Lipinski definition) is 2. The van der Waals surface area contributed by atoms with Gasteiger partial charge in [0, 0.05) is 0 Å². The summed E-state index contributed by atoms with van der Waals surface area (Å²) in [5, 5.41) is 0.453. The molecule has 0 amide bonds. The molecule has 0 radical (unpaired) electrons. The fourth-order valence-electron chi connectivity index (χ4n) is 2.28. The van der Waals surface area contributed by atoms with E-state index >= 15 is 0 Å². The van der Waals surface area contributed by atoms with Gasteiger partial charge in [-0.15, -0.1) is 0 Å². The van der Waals surface area contributed by atoms with Crippen LogP contribution in [0.5, 0.6) is 0 Å². The third kappa shape index (κ3) is 8.11. The predicted molar refractivity (Wildman–Crippen MR) is 89.0 cm³/mol. The molecule has 0 atom stereocenters. The van der Waals surface area contributed by atoms with Crippen LogP contribution in [0.4, 0.5) is 0 Å². The molecule has 0 N–H and O–H groups in total. The van der Waals surface area contributed by atoms with Crippen LogP contribution in [0.3, 0.4) is 0 Å². The fourth-order valence-corrected chi connectivity index (χ4v) is 2.49. The van der Waals surface area contributed by atoms with E-state index in [0.29, 0.717) is 17.2 Å². The third-order valence-electron chi connectivity index (χ3n) is 3.57. The summed E-state index contributed by atoms with van der Waals surface area (Å²) in [5.74, 6) is -0.319. The van der Waals surface area contributed by atoms with Crippen LogP contribution in [-0.2, 0) is 4.74 Å². The van der Waals surface area contributed by atoms with Crippen molar-refractivity contribution in [3.8, 4) is 0 Å². The predicted octanol–water partition coefficient (Wildman–Crippen LogP) is 6.03. The van der Waals surface area contributed by atoms with Gasteiger partial charge in [-0.3, -0.25) is 0 Å². The number of benzene rings is 1. The van der Waals surface area contributed by atoms with E-state index in [1.165, 1.54) is 44.9 Å². The minimum absolute atomic E-state index is 0.319. The Morgan fingerprint density at radius 3 is 2.14 bits per heavy atom. The van der Waals surface area contributed by atoms with E-state index in [0.717, 1.165) is 12.8 Å². The van der Waals surface area contributed by atoms with E-state index in [1.54, 1.807) is 24.3 Å². The minimum Gasteiger partial charge on any atom is -0.462 e. The van der Waals surface area contributed by atoms with Gasteiger partial charge in [-0.1, -0.05) is 82.0 Å². The van der Waals surface area contributed by atoms with E-state index in [2.05, 4.69) is 6.92 Å². The molecule has 2 nitrogen and oxygen atoms in total. The summed E-state index contributed by atoms with van der Waals surface area (Å²) in [7, 11) is 0. The van der Waals surface area contributed by atoms with Gasteiger partial charge in [0.15, 0.2) is 0 Å². The van der Waals surface area contributed by atoms with Crippen LogP contribution < -0.4 is 0 Å². The van der Waals surface area contributed by atoms with E-state index in [1.807, 2.05) is 0 Å². The Morgan fingerprint density at radius 1 is 0.952 bits per heavy atom. The first-order valence-electron chi connectivity index (χ1n) is 8.17. The van der Waals surface area contributed by atoms with Crippen molar-refractivity contribution in [2.24, 2.45) is 0 Å². The van der Waals surface area contributed by atoms with Crippen LogP contribution in [0.15, 0.2) is 24.3 Å². The van der Waals surface area contributed by atoms with Crippen molar-refractivity contribution in [1.29, 1.82) is 0 Å². The van der Waals surface area contributed by atoms with Crippen LogP contribution in [0.25, 0.3) is 0 Å². The summed E-state index contributed by atoms with van der Waals surface area (Å²) in [6.45, 7) is 2.73. The molecule has 0 spiro atoms. The number of carbonyl (C=O) groups is 1. The van der Waals surface area contributed by atoms with Crippen LogP contribution in [0, 0.1) is 0 Å². The van der Waals surface area contributed by atoms with Gasteiger partial charge in [-0.05, 0) is 18.6 Å². The molecule has 1 aromatic rings. The maximum Gasteiger partial charge on any atom is 0.339 e. The molecule has 0 bridgehead atoms. The molecule has 0 unspecified atom stereocenters. The molecule has 0 saturated carbocycles. The van der Waals surface area contributed by atoms with Gasteiger partial charge < -0.3 is 4.74 Å². The van der Waals surface area contributed by atoms with Crippen molar-refractivity contribution in [1.82, 2.24) is 0 Å². The van der Waals surface area contributed by atoms with Crippen LogP contribution in [-0.4, -0.2) is 12.6 Å². The Bertz CT molecular complexity index is 404. The van der Waals surface area contributed by atoms with Crippen LogP contribution in [0.1, 0.15) is 75.1 Å². The van der Waals surface area contributed by atoms with Crippen molar-refractivity contribution in [3.63, 3.8) is 0 Å².